The van der Waals surface area contributed by atoms with Crippen molar-refractivity contribution in [2.75, 3.05) is 56.0 Å². The number of piperazine rings is 1. The van der Waals surface area contributed by atoms with E-state index in [1.54, 1.807) is 12.1 Å². The highest BCUT2D eigenvalue weighted by atomic mass is 16.4. The molecule has 7 nitrogen and oxygen atoms in total. The zero-order valence-electron chi connectivity index (χ0n) is 20.1. The molecule has 0 aromatic heterocycles. The summed E-state index contributed by atoms with van der Waals surface area (Å²) in [6.07, 6.45) is 3.35. The molecule has 2 aromatic carbocycles. The van der Waals surface area contributed by atoms with Crippen molar-refractivity contribution in [2.45, 2.75) is 38.6 Å². The monoisotopic (exact) mass is 464 g/mol. The summed E-state index contributed by atoms with van der Waals surface area (Å²) in [6, 6.07) is 15.9. The van der Waals surface area contributed by atoms with Gasteiger partial charge in [0.2, 0.25) is 5.91 Å². The summed E-state index contributed by atoms with van der Waals surface area (Å²) in [5, 5.41) is 12.5. The smallest absolute Gasteiger partial charge is 0.335 e. The number of nitrogens with one attached hydrogen (secondary N) is 1. The lowest BCUT2D eigenvalue weighted by Crippen LogP contribution is -2.47. The molecule has 0 radical (unpaired) electrons. The second-order valence-corrected chi connectivity index (χ2v) is 9.45. The zero-order valence-corrected chi connectivity index (χ0v) is 20.1. The zero-order chi connectivity index (χ0) is 23.9. The van der Waals surface area contributed by atoms with Gasteiger partial charge >= 0.3 is 5.97 Å². The number of aryl methyl sites for hydroxylation is 1. The predicted molar refractivity (Wildman–Crippen MR) is 136 cm³/mol. The fourth-order valence-electron chi connectivity index (χ4n) is 4.82. The summed E-state index contributed by atoms with van der Waals surface area (Å²) in [5.74, 6) is -0.648. The topological polar surface area (TPSA) is 76.1 Å². The molecule has 0 unspecified atom stereocenters. The number of benzene rings is 2. The second kappa shape index (κ2) is 11.4. The normalized spacial score (nSPS) is 17.6. The Kier molecular flexibility index (Phi) is 8.06. The number of carboxylic acid groups (broad SMARTS) is 1. The minimum absolute atomic E-state index is 0.266. The van der Waals surface area contributed by atoms with E-state index in [2.05, 4.69) is 46.3 Å². The molecule has 2 heterocycles. The lowest BCUT2D eigenvalue weighted by atomic mass is 10.0. The van der Waals surface area contributed by atoms with Crippen LogP contribution in [0.5, 0.6) is 0 Å². The lowest BCUT2D eigenvalue weighted by Gasteiger charge is -2.36. The average molecular weight is 465 g/mol. The van der Waals surface area contributed by atoms with Crippen molar-refractivity contribution in [1.29, 1.82) is 0 Å². The van der Waals surface area contributed by atoms with E-state index in [0.717, 1.165) is 70.8 Å². The molecule has 2 saturated heterocycles. The molecule has 1 amide bonds. The summed E-state index contributed by atoms with van der Waals surface area (Å²) < 4.78 is 0. The highest BCUT2D eigenvalue weighted by molar-refractivity contribution is 5.88. The molecule has 0 saturated carbocycles. The second-order valence-electron chi connectivity index (χ2n) is 9.45. The number of hydrogen-bond acceptors (Lipinski definition) is 5. The number of aromatic carboxylic acids is 1. The van der Waals surface area contributed by atoms with Crippen molar-refractivity contribution in [3.63, 3.8) is 0 Å². The number of carbonyl (C=O) groups is 2. The molecule has 4 rings (SSSR count). The predicted octanol–water partition coefficient (Wildman–Crippen LogP) is 3.70. The third-order valence-electron chi connectivity index (χ3n) is 6.99. The van der Waals surface area contributed by atoms with Gasteiger partial charge < -0.3 is 20.2 Å². The Hall–Kier alpha value is -3.06. The van der Waals surface area contributed by atoms with E-state index in [4.69, 9.17) is 5.11 Å². The summed E-state index contributed by atoms with van der Waals surface area (Å²) >= 11 is 0. The van der Waals surface area contributed by atoms with Gasteiger partial charge in [-0.05, 0) is 69.1 Å². The van der Waals surface area contributed by atoms with Crippen LogP contribution >= 0.6 is 0 Å². The maximum atomic E-state index is 12.7. The molecule has 2 aliphatic rings. The molecule has 2 aromatic rings. The average Bonchev–Trinajstić information content (AvgIpc) is 2.86. The summed E-state index contributed by atoms with van der Waals surface area (Å²) in [6.45, 7) is 8.83. The van der Waals surface area contributed by atoms with E-state index in [1.165, 1.54) is 11.3 Å². The van der Waals surface area contributed by atoms with E-state index in [1.807, 2.05) is 17.0 Å². The number of carboxylic acids is 1. The summed E-state index contributed by atoms with van der Waals surface area (Å²) in [5.41, 5.74) is 3.81. The Balaban J connectivity index is 1.11. The van der Waals surface area contributed by atoms with Gasteiger partial charge in [0.15, 0.2) is 0 Å². The van der Waals surface area contributed by atoms with Gasteiger partial charge in [-0.25, -0.2) is 4.79 Å². The third kappa shape index (κ3) is 6.50. The van der Waals surface area contributed by atoms with Crippen LogP contribution in [0, 0.1) is 6.92 Å². The van der Waals surface area contributed by atoms with Crippen LogP contribution in [0.2, 0.25) is 0 Å². The van der Waals surface area contributed by atoms with E-state index in [0.29, 0.717) is 18.0 Å². The van der Waals surface area contributed by atoms with E-state index in [-0.39, 0.29) is 5.91 Å². The SMILES string of the molecule is Cc1ccc(N2CCN(CCCC(=O)N3CCC(Nc4ccc(C(=O)O)cc4)CC3)CC2)cc1. The van der Waals surface area contributed by atoms with Crippen LogP contribution < -0.4 is 10.2 Å². The fraction of sp³-hybridized carbons (Fsp3) is 0.481. The molecule has 0 bridgehead atoms. The van der Waals surface area contributed by atoms with Gasteiger partial charge in [0.1, 0.15) is 0 Å². The Labute approximate surface area is 202 Å². The number of anilines is 2. The fourth-order valence-corrected chi connectivity index (χ4v) is 4.82. The van der Waals surface area contributed by atoms with Gasteiger partial charge in [-0.3, -0.25) is 9.69 Å². The van der Waals surface area contributed by atoms with Crippen LogP contribution in [0.3, 0.4) is 0 Å². The van der Waals surface area contributed by atoms with Crippen molar-refractivity contribution in [3.05, 3.63) is 59.7 Å². The van der Waals surface area contributed by atoms with Crippen molar-refractivity contribution in [3.8, 4) is 0 Å². The Morgan fingerprint density at radius 3 is 2.18 bits per heavy atom. The number of rotatable bonds is 8. The van der Waals surface area contributed by atoms with Gasteiger partial charge in [0.25, 0.3) is 0 Å². The number of likely N-dealkylation sites (tertiary alicyclic amines) is 1. The molecule has 7 heteroatoms. The Morgan fingerprint density at radius 1 is 0.912 bits per heavy atom. The highest BCUT2D eigenvalue weighted by Crippen LogP contribution is 2.19. The third-order valence-corrected chi connectivity index (χ3v) is 6.99. The molecular weight excluding hydrogens is 428 g/mol. The number of amides is 1. The van der Waals surface area contributed by atoms with Crippen molar-refractivity contribution in [1.82, 2.24) is 9.80 Å². The van der Waals surface area contributed by atoms with Crippen molar-refractivity contribution < 1.29 is 14.7 Å². The van der Waals surface area contributed by atoms with E-state index < -0.39 is 5.97 Å². The van der Waals surface area contributed by atoms with Crippen LogP contribution in [-0.2, 0) is 4.79 Å². The first-order valence-electron chi connectivity index (χ1n) is 12.4. The van der Waals surface area contributed by atoms with Crippen LogP contribution in [0.4, 0.5) is 11.4 Å². The van der Waals surface area contributed by atoms with Crippen LogP contribution in [0.15, 0.2) is 48.5 Å². The van der Waals surface area contributed by atoms with Gasteiger partial charge in [0, 0.05) is 63.1 Å². The van der Waals surface area contributed by atoms with Gasteiger partial charge in [-0.2, -0.15) is 0 Å². The number of nitrogens with zero attached hydrogens (tertiary/aromatic N) is 3. The molecule has 2 fully saturated rings. The number of carbonyl (C=O) groups excluding carboxylic acids is 1. The van der Waals surface area contributed by atoms with Crippen molar-refractivity contribution >= 4 is 23.3 Å². The standard InChI is InChI=1S/C27H36N4O3/c1-21-4-10-25(11-5-21)30-19-17-29(18-20-30)14-2-3-26(32)31-15-12-24(13-16-31)28-23-8-6-22(7-9-23)27(33)34/h4-11,24,28H,2-3,12-20H2,1H3,(H,33,34). The highest BCUT2D eigenvalue weighted by Gasteiger charge is 2.23. The van der Waals surface area contributed by atoms with Crippen LogP contribution in [0.25, 0.3) is 0 Å². The first-order chi connectivity index (χ1) is 16.5. The molecular formula is C27H36N4O3. The summed E-state index contributed by atoms with van der Waals surface area (Å²) in [4.78, 5) is 30.6. The first-order valence-corrected chi connectivity index (χ1v) is 12.4. The van der Waals surface area contributed by atoms with Gasteiger partial charge in [-0.15, -0.1) is 0 Å². The number of piperidine rings is 1. The maximum absolute atomic E-state index is 12.7. The molecule has 34 heavy (non-hydrogen) atoms. The Morgan fingerprint density at radius 2 is 1.56 bits per heavy atom. The maximum Gasteiger partial charge on any atom is 0.335 e. The molecule has 0 spiro atoms. The summed E-state index contributed by atoms with van der Waals surface area (Å²) in [7, 11) is 0. The Bertz CT molecular complexity index is 945. The molecule has 2 N–H and O–H groups in total. The van der Waals surface area contributed by atoms with Crippen LogP contribution in [0.1, 0.15) is 41.6 Å². The van der Waals surface area contributed by atoms with Gasteiger partial charge in [-0.1, -0.05) is 17.7 Å². The number of hydrogen-bond donors (Lipinski definition) is 2. The van der Waals surface area contributed by atoms with Gasteiger partial charge in [0.05, 0.1) is 5.56 Å². The molecule has 0 aliphatic carbocycles. The van der Waals surface area contributed by atoms with Crippen LogP contribution in [-0.4, -0.2) is 78.6 Å². The molecule has 182 valence electrons. The first kappa shape index (κ1) is 24.1. The van der Waals surface area contributed by atoms with E-state index in [9.17, 15) is 9.59 Å². The van der Waals surface area contributed by atoms with Crippen molar-refractivity contribution in [2.24, 2.45) is 0 Å². The minimum Gasteiger partial charge on any atom is -0.478 e. The quantitative estimate of drug-likeness (QED) is 0.621. The lowest BCUT2D eigenvalue weighted by molar-refractivity contribution is -0.132. The molecule has 0 atom stereocenters. The van der Waals surface area contributed by atoms with E-state index >= 15 is 0 Å². The minimum atomic E-state index is -0.914. The molecule has 2 aliphatic heterocycles. The largest absolute Gasteiger partial charge is 0.478 e.